The molecular weight excluding hydrogens is 423 g/mol. The van der Waals surface area contributed by atoms with E-state index in [-0.39, 0.29) is 30.1 Å². The average molecular weight is 447 g/mol. The number of aliphatic imine (C=N–C) groups is 1. The fraction of sp³-hybridized carbons (Fsp3) is 0.476. The number of benzene rings is 1. The number of hydrogen-bond donors (Lipinski definition) is 2. The van der Waals surface area contributed by atoms with Gasteiger partial charge in [0.15, 0.2) is 6.17 Å². The number of aliphatic hydroxyl groups is 1. The maximum atomic E-state index is 13.9. The van der Waals surface area contributed by atoms with Crippen LogP contribution in [0.3, 0.4) is 0 Å². The molecule has 4 heterocycles. The molecule has 5 rings (SSSR count). The van der Waals surface area contributed by atoms with Gasteiger partial charge in [0.2, 0.25) is 0 Å². The van der Waals surface area contributed by atoms with Gasteiger partial charge in [0.1, 0.15) is 17.7 Å². The van der Waals surface area contributed by atoms with Crippen LogP contribution in [0.4, 0.5) is 9.18 Å². The molecule has 8 nitrogen and oxygen atoms in total. The number of carbonyl (C=O) groups is 1. The molecule has 10 heteroatoms. The van der Waals surface area contributed by atoms with E-state index in [2.05, 4.69) is 15.3 Å². The molecule has 31 heavy (non-hydrogen) atoms. The smallest absolute Gasteiger partial charge is 0.318 e. The van der Waals surface area contributed by atoms with Gasteiger partial charge in [0.25, 0.3) is 0 Å². The summed E-state index contributed by atoms with van der Waals surface area (Å²) in [6.45, 7) is 1.66. The van der Waals surface area contributed by atoms with E-state index in [0.29, 0.717) is 24.5 Å². The second-order valence-electron chi connectivity index (χ2n) is 8.24. The number of urea groups is 1. The second-order valence-corrected chi connectivity index (χ2v) is 8.65. The minimum absolute atomic E-state index is 0.0559. The Morgan fingerprint density at radius 2 is 2.16 bits per heavy atom. The lowest BCUT2D eigenvalue weighted by atomic mass is 10.0. The first-order valence-electron chi connectivity index (χ1n) is 10.5. The van der Waals surface area contributed by atoms with E-state index >= 15 is 0 Å². The lowest BCUT2D eigenvalue weighted by Crippen LogP contribution is -2.51. The standard InChI is InChI=1S/C21H24ClFN6O2/c22-16-4-3-13(23)10-15(16)18-2-1-7-28(18)19-6-9-29-20(26-19)17(11-24-29)25-21(31)27-8-5-14(30)12-27/h3-4,6,9-11,14,17-18,20,30H,1-2,5,7-8,12H2,(H,25,31)/t14-,17?,18-,20?/m1/s1. The molecule has 2 amide bonds. The fourth-order valence-corrected chi connectivity index (χ4v) is 4.87. The van der Waals surface area contributed by atoms with Crippen LogP contribution in [0, 0.1) is 5.82 Å². The van der Waals surface area contributed by atoms with Crippen LogP contribution in [0.25, 0.3) is 0 Å². The third kappa shape index (κ3) is 3.87. The Morgan fingerprint density at radius 1 is 1.29 bits per heavy atom. The molecule has 0 saturated carbocycles. The molecule has 2 N–H and O–H groups in total. The van der Waals surface area contributed by atoms with Crippen molar-refractivity contribution in [3.63, 3.8) is 0 Å². The maximum Gasteiger partial charge on any atom is 0.318 e. The summed E-state index contributed by atoms with van der Waals surface area (Å²) in [6, 6.07) is 3.78. The quantitative estimate of drug-likeness (QED) is 0.730. The van der Waals surface area contributed by atoms with Crippen molar-refractivity contribution in [3.05, 3.63) is 46.9 Å². The minimum atomic E-state index is -0.469. The van der Waals surface area contributed by atoms with E-state index in [1.807, 2.05) is 12.3 Å². The first-order valence-corrected chi connectivity index (χ1v) is 10.9. The maximum absolute atomic E-state index is 13.9. The molecule has 2 unspecified atom stereocenters. The SMILES string of the molecule is O=C(NC1C=NN2C=CC(N3CCC[C@@H]3c3cc(F)ccc3Cl)=NC12)N1CC[C@@H](O)C1. The number of aliphatic hydroxyl groups excluding tert-OH is 1. The molecule has 4 aliphatic rings. The lowest BCUT2D eigenvalue weighted by Gasteiger charge is -2.33. The predicted molar refractivity (Wildman–Crippen MR) is 115 cm³/mol. The van der Waals surface area contributed by atoms with Gasteiger partial charge < -0.3 is 20.2 Å². The van der Waals surface area contributed by atoms with Crippen LogP contribution < -0.4 is 5.32 Å². The van der Waals surface area contributed by atoms with Gasteiger partial charge in [0, 0.05) is 30.9 Å². The molecule has 1 aromatic carbocycles. The normalized spacial score (nSPS) is 29.5. The molecule has 4 aliphatic heterocycles. The Labute approximate surface area is 184 Å². The largest absolute Gasteiger partial charge is 0.391 e. The van der Waals surface area contributed by atoms with Gasteiger partial charge in [-0.3, -0.25) is 0 Å². The topological polar surface area (TPSA) is 83.8 Å². The molecule has 0 aliphatic carbocycles. The van der Waals surface area contributed by atoms with Crippen molar-refractivity contribution in [2.24, 2.45) is 10.1 Å². The van der Waals surface area contributed by atoms with Crippen LogP contribution in [0.15, 0.2) is 40.6 Å². The molecule has 0 radical (unpaired) electrons. The number of likely N-dealkylation sites (tertiary alicyclic amines) is 2. The molecule has 0 spiro atoms. The molecule has 0 aromatic heterocycles. The molecule has 2 fully saturated rings. The summed E-state index contributed by atoms with van der Waals surface area (Å²) in [6.07, 6.45) is 6.95. The molecule has 1 aromatic rings. The summed E-state index contributed by atoms with van der Waals surface area (Å²) in [4.78, 5) is 21.2. The highest BCUT2D eigenvalue weighted by molar-refractivity contribution is 6.31. The number of carbonyl (C=O) groups excluding carboxylic acids is 1. The van der Waals surface area contributed by atoms with Crippen molar-refractivity contribution >= 4 is 29.7 Å². The number of fused-ring (bicyclic) bond motifs is 1. The highest BCUT2D eigenvalue weighted by Gasteiger charge is 2.37. The van der Waals surface area contributed by atoms with E-state index in [9.17, 15) is 14.3 Å². The highest BCUT2D eigenvalue weighted by Crippen LogP contribution is 2.37. The van der Waals surface area contributed by atoms with Gasteiger partial charge in [-0.05, 0) is 49.1 Å². The molecule has 4 atom stereocenters. The first-order chi connectivity index (χ1) is 15.0. The number of rotatable bonds is 2. The predicted octanol–water partition coefficient (Wildman–Crippen LogP) is 2.31. The summed E-state index contributed by atoms with van der Waals surface area (Å²) < 4.78 is 13.9. The molecular formula is C21H24ClFN6O2. The van der Waals surface area contributed by atoms with Gasteiger partial charge in [-0.1, -0.05) is 11.6 Å². The van der Waals surface area contributed by atoms with Crippen molar-refractivity contribution in [3.8, 4) is 0 Å². The fourth-order valence-electron chi connectivity index (χ4n) is 4.62. The molecule has 2 saturated heterocycles. The van der Waals surface area contributed by atoms with Gasteiger partial charge in [-0.2, -0.15) is 5.10 Å². The molecule has 0 bridgehead atoms. The zero-order valence-electron chi connectivity index (χ0n) is 16.9. The van der Waals surface area contributed by atoms with Crippen LogP contribution in [-0.4, -0.2) is 75.9 Å². The van der Waals surface area contributed by atoms with Crippen LogP contribution in [0.2, 0.25) is 5.02 Å². The molecule has 164 valence electrons. The van der Waals surface area contributed by atoms with Gasteiger partial charge in [-0.15, -0.1) is 0 Å². The number of hydrogen-bond acceptors (Lipinski definition) is 6. The number of halogens is 2. The Bertz CT molecular complexity index is 969. The van der Waals surface area contributed by atoms with Crippen LogP contribution in [0.5, 0.6) is 0 Å². The van der Waals surface area contributed by atoms with E-state index < -0.39 is 6.10 Å². The Kier molecular flexibility index (Phi) is 5.31. The second kappa shape index (κ2) is 8.12. The van der Waals surface area contributed by atoms with Crippen molar-refractivity contribution in [2.75, 3.05) is 19.6 Å². The van der Waals surface area contributed by atoms with Crippen LogP contribution >= 0.6 is 11.6 Å². The first kappa shape index (κ1) is 20.3. The number of amides is 2. The van der Waals surface area contributed by atoms with E-state index in [1.54, 1.807) is 22.2 Å². The summed E-state index contributed by atoms with van der Waals surface area (Å²) >= 11 is 6.37. The minimum Gasteiger partial charge on any atom is -0.391 e. The lowest BCUT2D eigenvalue weighted by molar-refractivity contribution is 0.169. The van der Waals surface area contributed by atoms with Gasteiger partial charge >= 0.3 is 6.03 Å². The summed E-state index contributed by atoms with van der Waals surface area (Å²) in [5.41, 5.74) is 0.762. The van der Waals surface area contributed by atoms with Crippen molar-refractivity contribution in [1.82, 2.24) is 20.1 Å². The zero-order valence-corrected chi connectivity index (χ0v) is 17.6. The summed E-state index contributed by atoms with van der Waals surface area (Å²) in [5.74, 6) is 0.461. The number of hydrazone groups is 1. The van der Waals surface area contributed by atoms with Crippen LogP contribution in [0.1, 0.15) is 30.9 Å². The zero-order chi connectivity index (χ0) is 21.5. The summed E-state index contributed by atoms with van der Waals surface area (Å²) in [5, 5.41) is 19.2. The number of nitrogens with zero attached hydrogens (tertiary/aromatic N) is 5. The number of nitrogens with one attached hydrogen (secondary N) is 1. The van der Waals surface area contributed by atoms with E-state index in [0.717, 1.165) is 30.8 Å². The number of amidine groups is 1. The number of β-amino-alcohol motifs (C(OH)–C–C–N with tert-alkyl or cyclic N) is 1. The summed E-state index contributed by atoms with van der Waals surface area (Å²) in [7, 11) is 0. The van der Waals surface area contributed by atoms with E-state index in [4.69, 9.17) is 16.6 Å². The monoisotopic (exact) mass is 446 g/mol. The van der Waals surface area contributed by atoms with E-state index in [1.165, 1.54) is 12.1 Å². The highest BCUT2D eigenvalue weighted by atomic mass is 35.5. The van der Waals surface area contributed by atoms with Crippen molar-refractivity contribution in [2.45, 2.75) is 43.6 Å². The van der Waals surface area contributed by atoms with Crippen LogP contribution in [-0.2, 0) is 0 Å². The Hall–Kier alpha value is -2.65. The van der Waals surface area contributed by atoms with Gasteiger partial charge in [-0.25, -0.2) is 19.2 Å². The Morgan fingerprint density at radius 3 is 2.97 bits per heavy atom. The third-order valence-corrected chi connectivity index (χ3v) is 6.54. The van der Waals surface area contributed by atoms with Gasteiger partial charge in [0.05, 0.1) is 18.4 Å². The Balaban J connectivity index is 1.33. The average Bonchev–Trinajstić information content (AvgIpc) is 3.49. The third-order valence-electron chi connectivity index (χ3n) is 6.20. The van der Waals surface area contributed by atoms with Crippen molar-refractivity contribution in [1.29, 1.82) is 0 Å². The van der Waals surface area contributed by atoms with Crippen molar-refractivity contribution < 1.29 is 14.3 Å².